The number of benzene rings is 2. The molecule has 0 atom stereocenters. The van der Waals surface area contributed by atoms with Gasteiger partial charge in [-0.25, -0.2) is 8.42 Å². The molecule has 2 aromatic rings. The van der Waals surface area contributed by atoms with Crippen molar-refractivity contribution in [2.24, 2.45) is 0 Å². The molecule has 4 rings (SSSR count). The lowest BCUT2D eigenvalue weighted by atomic mass is 9.89. The molecule has 0 spiro atoms. The topological polar surface area (TPSA) is 66.9 Å². The standard InChI is InChI=1S/C24H28N2O4S/c27-24(25-14-12-22(13-15-25)21-4-2-1-3-5-21)11-8-20-6-9-23(10-7-20)31(28,29)26-16-18-30-19-17-26/h1-11,22H,12-19H2/b11-8+. The van der Waals surface area contributed by atoms with E-state index in [-0.39, 0.29) is 10.8 Å². The molecule has 2 aliphatic rings. The molecule has 0 bridgehead atoms. The predicted molar refractivity (Wildman–Crippen MR) is 120 cm³/mol. The van der Waals surface area contributed by atoms with Crippen LogP contribution >= 0.6 is 0 Å². The van der Waals surface area contributed by atoms with Crippen LogP contribution in [0.4, 0.5) is 0 Å². The Morgan fingerprint density at radius 2 is 1.55 bits per heavy atom. The first kappa shape index (κ1) is 21.7. The molecule has 164 valence electrons. The maximum atomic E-state index is 12.7. The monoisotopic (exact) mass is 440 g/mol. The van der Waals surface area contributed by atoms with Gasteiger partial charge in [-0.2, -0.15) is 4.31 Å². The zero-order valence-electron chi connectivity index (χ0n) is 17.5. The van der Waals surface area contributed by atoms with Gasteiger partial charge in [-0.15, -0.1) is 0 Å². The number of amides is 1. The second-order valence-corrected chi connectivity index (χ2v) is 9.87. The van der Waals surface area contributed by atoms with Crippen LogP contribution in [0.2, 0.25) is 0 Å². The van der Waals surface area contributed by atoms with E-state index in [9.17, 15) is 13.2 Å². The summed E-state index contributed by atoms with van der Waals surface area (Å²) >= 11 is 0. The highest BCUT2D eigenvalue weighted by molar-refractivity contribution is 7.89. The van der Waals surface area contributed by atoms with Gasteiger partial charge >= 0.3 is 0 Å². The Morgan fingerprint density at radius 3 is 2.19 bits per heavy atom. The fourth-order valence-corrected chi connectivity index (χ4v) is 5.53. The summed E-state index contributed by atoms with van der Waals surface area (Å²) < 4.78 is 32.1. The van der Waals surface area contributed by atoms with Crippen LogP contribution in [0.5, 0.6) is 0 Å². The number of rotatable bonds is 5. The van der Waals surface area contributed by atoms with Crippen LogP contribution in [0, 0.1) is 0 Å². The van der Waals surface area contributed by atoms with Crippen LogP contribution < -0.4 is 0 Å². The van der Waals surface area contributed by atoms with Crippen molar-refractivity contribution in [1.82, 2.24) is 9.21 Å². The summed E-state index contributed by atoms with van der Waals surface area (Å²) in [5.74, 6) is 0.506. The first-order chi connectivity index (χ1) is 15.0. The molecule has 0 saturated carbocycles. The van der Waals surface area contributed by atoms with Crippen LogP contribution in [0.3, 0.4) is 0 Å². The number of carbonyl (C=O) groups is 1. The van der Waals surface area contributed by atoms with Gasteiger partial charge in [0.15, 0.2) is 0 Å². The molecule has 0 aromatic heterocycles. The summed E-state index contributed by atoms with van der Waals surface area (Å²) in [4.78, 5) is 14.7. The van der Waals surface area contributed by atoms with Crippen molar-refractivity contribution in [1.29, 1.82) is 0 Å². The lowest BCUT2D eigenvalue weighted by Gasteiger charge is -2.31. The third kappa shape index (κ3) is 5.23. The van der Waals surface area contributed by atoms with Gasteiger partial charge in [-0.05, 0) is 48.1 Å². The second-order valence-electron chi connectivity index (χ2n) is 7.93. The molecule has 2 saturated heterocycles. The molecule has 2 fully saturated rings. The molecule has 2 aromatic carbocycles. The number of sulfonamides is 1. The highest BCUT2D eigenvalue weighted by atomic mass is 32.2. The fourth-order valence-electron chi connectivity index (χ4n) is 4.12. The van der Waals surface area contributed by atoms with Gasteiger partial charge in [0, 0.05) is 32.3 Å². The van der Waals surface area contributed by atoms with Crippen LogP contribution in [0.1, 0.15) is 29.9 Å². The smallest absolute Gasteiger partial charge is 0.246 e. The maximum Gasteiger partial charge on any atom is 0.246 e. The number of carbonyl (C=O) groups excluding carboxylic acids is 1. The first-order valence-corrected chi connectivity index (χ1v) is 12.2. The van der Waals surface area contributed by atoms with E-state index in [4.69, 9.17) is 4.74 Å². The number of nitrogens with zero attached hydrogens (tertiary/aromatic N) is 2. The minimum absolute atomic E-state index is 0.00322. The molecular formula is C24H28N2O4S. The van der Waals surface area contributed by atoms with Crippen molar-refractivity contribution < 1.29 is 17.9 Å². The summed E-state index contributed by atoms with van der Waals surface area (Å²) in [5.41, 5.74) is 2.14. The Kier molecular flexibility index (Phi) is 6.85. The van der Waals surface area contributed by atoms with E-state index in [2.05, 4.69) is 24.3 Å². The maximum absolute atomic E-state index is 12.7. The van der Waals surface area contributed by atoms with E-state index in [0.717, 1.165) is 31.5 Å². The van der Waals surface area contributed by atoms with Gasteiger partial charge in [0.05, 0.1) is 18.1 Å². The Hall–Kier alpha value is -2.48. The molecule has 2 heterocycles. The molecule has 31 heavy (non-hydrogen) atoms. The molecule has 0 unspecified atom stereocenters. The van der Waals surface area contributed by atoms with E-state index in [0.29, 0.717) is 32.2 Å². The van der Waals surface area contributed by atoms with E-state index < -0.39 is 10.0 Å². The van der Waals surface area contributed by atoms with Crippen LogP contribution in [0.15, 0.2) is 65.6 Å². The van der Waals surface area contributed by atoms with Crippen molar-refractivity contribution in [2.45, 2.75) is 23.7 Å². The van der Waals surface area contributed by atoms with Gasteiger partial charge < -0.3 is 9.64 Å². The van der Waals surface area contributed by atoms with Crippen LogP contribution in [-0.2, 0) is 19.6 Å². The zero-order valence-corrected chi connectivity index (χ0v) is 18.3. The Balaban J connectivity index is 1.33. The second kappa shape index (κ2) is 9.77. The van der Waals surface area contributed by atoms with E-state index in [1.807, 2.05) is 11.0 Å². The van der Waals surface area contributed by atoms with Crippen LogP contribution in [-0.4, -0.2) is 62.9 Å². The highest BCUT2D eigenvalue weighted by Crippen LogP contribution is 2.28. The molecule has 2 aliphatic heterocycles. The largest absolute Gasteiger partial charge is 0.379 e. The fraction of sp³-hybridized carbons (Fsp3) is 0.375. The van der Waals surface area contributed by atoms with E-state index >= 15 is 0 Å². The Bertz CT molecular complexity index is 1010. The number of likely N-dealkylation sites (tertiary alicyclic amines) is 1. The van der Waals surface area contributed by atoms with Crippen molar-refractivity contribution in [2.75, 3.05) is 39.4 Å². The normalized spacial score (nSPS) is 19.0. The van der Waals surface area contributed by atoms with E-state index in [1.54, 1.807) is 36.4 Å². The lowest BCUT2D eigenvalue weighted by molar-refractivity contribution is -0.126. The molecule has 0 N–H and O–H groups in total. The zero-order chi connectivity index (χ0) is 21.7. The molecule has 6 nitrogen and oxygen atoms in total. The van der Waals surface area contributed by atoms with Gasteiger partial charge in [0.1, 0.15) is 0 Å². The summed E-state index contributed by atoms with van der Waals surface area (Å²) in [5, 5.41) is 0. The SMILES string of the molecule is O=C(/C=C/c1ccc(S(=O)(=O)N2CCOCC2)cc1)N1CCC(c2ccccc2)CC1. The number of morpholine rings is 1. The van der Waals surface area contributed by atoms with Gasteiger partial charge in [-0.3, -0.25) is 4.79 Å². The molecule has 0 radical (unpaired) electrons. The third-order valence-corrected chi connectivity index (χ3v) is 7.90. The summed E-state index contributed by atoms with van der Waals surface area (Å²) in [6, 6.07) is 17.1. The van der Waals surface area contributed by atoms with Crippen molar-refractivity contribution >= 4 is 22.0 Å². The predicted octanol–water partition coefficient (Wildman–Crippen LogP) is 3.13. The third-order valence-electron chi connectivity index (χ3n) is 5.98. The van der Waals surface area contributed by atoms with Gasteiger partial charge in [0.25, 0.3) is 0 Å². The first-order valence-electron chi connectivity index (χ1n) is 10.7. The van der Waals surface area contributed by atoms with Gasteiger partial charge in [0.2, 0.25) is 15.9 Å². The average Bonchev–Trinajstić information content (AvgIpc) is 2.84. The minimum Gasteiger partial charge on any atom is -0.379 e. The number of piperidine rings is 1. The summed E-state index contributed by atoms with van der Waals surface area (Å²) in [7, 11) is -3.50. The van der Waals surface area contributed by atoms with Crippen molar-refractivity contribution in [3.05, 3.63) is 71.8 Å². The quantitative estimate of drug-likeness (QED) is 0.670. The van der Waals surface area contributed by atoms with Crippen molar-refractivity contribution in [3.8, 4) is 0 Å². The molecular weight excluding hydrogens is 412 g/mol. The molecule has 1 amide bonds. The molecule has 7 heteroatoms. The van der Waals surface area contributed by atoms with Crippen LogP contribution in [0.25, 0.3) is 6.08 Å². The number of hydrogen-bond acceptors (Lipinski definition) is 4. The number of ether oxygens (including phenoxy) is 1. The minimum atomic E-state index is -3.50. The van der Waals surface area contributed by atoms with E-state index in [1.165, 1.54) is 9.87 Å². The summed E-state index contributed by atoms with van der Waals surface area (Å²) in [6.07, 6.45) is 5.26. The van der Waals surface area contributed by atoms with Crippen molar-refractivity contribution in [3.63, 3.8) is 0 Å². The Morgan fingerprint density at radius 1 is 0.903 bits per heavy atom. The lowest BCUT2D eigenvalue weighted by Crippen LogP contribution is -2.40. The Labute approximate surface area is 184 Å². The summed E-state index contributed by atoms with van der Waals surface area (Å²) in [6.45, 7) is 3.09. The molecule has 0 aliphatic carbocycles. The average molecular weight is 441 g/mol. The highest BCUT2D eigenvalue weighted by Gasteiger charge is 2.26. The number of hydrogen-bond donors (Lipinski definition) is 0. The van der Waals surface area contributed by atoms with Gasteiger partial charge in [-0.1, -0.05) is 42.5 Å².